The quantitative estimate of drug-likeness (QED) is 0.585. The molecule has 3 rings (SSSR count). The van der Waals surface area contributed by atoms with Crippen molar-refractivity contribution in [2.45, 2.75) is 20.8 Å². The van der Waals surface area contributed by atoms with Gasteiger partial charge < -0.3 is 9.84 Å². The Kier molecular flexibility index (Phi) is 4.34. The Morgan fingerprint density at radius 2 is 1.80 bits per heavy atom. The maximum atomic E-state index is 12.2. The number of hydrogen-bond acceptors (Lipinski definition) is 3. The van der Waals surface area contributed by atoms with E-state index in [1.165, 1.54) is 0 Å². The molecule has 1 aromatic rings. The second kappa shape index (κ2) is 5.42. The van der Waals surface area contributed by atoms with Gasteiger partial charge in [-0.15, -0.1) is 0 Å². The number of para-hydroxylation sites is 1. The summed E-state index contributed by atoms with van der Waals surface area (Å²) in [6, 6.07) is 7.44. The van der Waals surface area contributed by atoms with Crippen LogP contribution in [0.25, 0.3) is 0 Å². The molecular weight excluding hydrogens is 279 g/mol. The van der Waals surface area contributed by atoms with Gasteiger partial charge in [0.1, 0.15) is 11.5 Å². The molecule has 2 aliphatic rings. The molecule has 1 aliphatic heterocycles. The van der Waals surface area contributed by atoms with Crippen LogP contribution in [-0.4, -0.2) is 5.78 Å². The normalized spacial score (nSPS) is 17.9. The summed E-state index contributed by atoms with van der Waals surface area (Å²) in [5.41, 5.74) is 1.06. The molecule has 0 unspecified atom stereocenters. The van der Waals surface area contributed by atoms with E-state index in [-0.39, 0.29) is 62.6 Å². The molecule has 0 aromatic heterocycles. The first kappa shape index (κ1) is 16.0. The number of hydrogen-bond donors (Lipinski definition) is 0. The average molecular weight is 293 g/mol. The number of carbonyl (C=O) groups is 1. The maximum Gasteiger partial charge on any atom is 1.00 e. The number of rotatable bonds is 0. The van der Waals surface area contributed by atoms with Crippen molar-refractivity contribution in [3.63, 3.8) is 0 Å². The van der Waals surface area contributed by atoms with Crippen LogP contribution in [0, 0.1) is 11.3 Å². The Morgan fingerprint density at radius 3 is 2.45 bits per heavy atom. The van der Waals surface area contributed by atoms with E-state index in [1.807, 2.05) is 39.0 Å². The van der Waals surface area contributed by atoms with Gasteiger partial charge in [0.2, 0.25) is 0 Å². The fourth-order valence-corrected chi connectivity index (χ4v) is 2.37. The summed E-state index contributed by atoms with van der Waals surface area (Å²) in [5, 5.41) is 12.2. The summed E-state index contributed by atoms with van der Waals surface area (Å²) < 4.78 is 5.52. The van der Waals surface area contributed by atoms with Gasteiger partial charge in [-0.2, -0.15) is 0 Å². The van der Waals surface area contributed by atoms with Crippen LogP contribution in [0.3, 0.4) is 0 Å². The minimum Gasteiger partial charge on any atom is -0.868 e. The van der Waals surface area contributed by atoms with Gasteiger partial charge >= 0.3 is 51.4 Å². The molecule has 0 N–H and O–H groups in total. The van der Waals surface area contributed by atoms with Crippen LogP contribution in [0.15, 0.2) is 47.4 Å². The van der Waals surface area contributed by atoms with E-state index in [9.17, 15) is 9.90 Å². The summed E-state index contributed by atoms with van der Waals surface area (Å²) in [4.78, 5) is 12.1. The van der Waals surface area contributed by atoms with Crippen LogP contribution < -0.4 is 61.2 Å². The van der Waals surface area contributed by atoms with Crippen LogP contribution in [-0.2, 0) is 4.79 Å². The molecule has 0 spiro atoms. The molecule has 4 heteroatoms. The van der Waals surface area contributed by atoms with Crippen LogP contribution in [0.5, 0.6) is 5.75 Å². The van der Waals surface area contributed by atoms with E-state index >= 15 is 0 Å². The summed E-state index contributed by atoms with van der Waals surface area (Å²) in [7, 11) is 0. The van der Waals surface area contributed by atoms with Crippen molar-refractivity contribution in [3.8, 4) is 5.75 Å². The number of benzene rings is 1. The van der Waals surface area contributed by atoms with Gasteiger partial charge in [0.05, 0.1) is 5.92 Å². The van der Waals surface area contributed by atoms with Gasteiger partial charge in [-0.3, -0.25) is 4.79 Å². The second-order valence-electron chi connectivity index (χ2n) is 5.81. The molecule has 0 bridgehead atoms. The summed E-state index contributed by atoms with van der Waals surface area (Å²) in [6.45, 7) is 5.78. The number of Topliss-reactive ketones (excluding diaryl/α,β-unsaturated/α-hetero) is 1. The smallest absolute Gasteiger partial charge is 0.868 e. The zero-order valence-corrected chi connectivity index (χ0v) is 15.2. The van der Waals surface area contributed by atoms with E-state index in [1.54, 1.807) is 12.1 Å². The summed E-state index contributed by atoms with van der Waals surface area (Å²) in [5.74, 6) is 0.530. The van der Waals surface area contributed by atoms with Gasteiger partial charge in [-0.1, -0.05) is 45.0 Å². The predicted molar refractivity (Wildman–Crippen MR) is 69.0 cm³/mol. The fraction of sp³-hybridized carbons (Fsp3) is 0.250. The molecular formula is C16H14KO3. The van der Waals surface area contributed by atoms with E-state index in [0.717, 1.165) is 11.5 Å². The largest absolute Gasteiger partial charge is 1.00 e. The first-order valence-electron chi connectivity index (χ1n) is 6.22. The van der Waals surface area contributed by atoms with Crippen LogP contribution in [0.4, 0.5) is 0 Å². The van der Waals surface area contributed by atoms with E-state index in [4.69, 9.17) is 4.74 Å². The molecule has 0 saturated heterocycles. The number of ketones is 1. The van der Waals surface area contributed by atoms with Gasteiger partial charge in [0, 0.05) is 11.1 Å². The number of allylic oxidation sites excluding steroid dienone is 2. The molecule has 1 aromatic carbocycles. The Labute approximate surface area is 161 Å². The van der Waals surface area contributed by atoms with E-state index in [0.29, 0.717) is 11.3 Å². The van der Waals surface area contributed by atoms with Gasteiger partial charge in [0.15, 0.2) is 5.78 Å². The van der Waals surface area contributed by atoms with Crippen LogP contribution in [0.2, 0.25) is 0 Å². The average Bonchev–Trinajstić information content (AvgIpc) is 2.71. The second-order valence-corrected chi connectivity index (χ2v) is 5.81. The molecule has 1 aliphatic carbocycles. The SMILES string of the molecule is CC(C)(C)C1=C[C]2C(=C([O-])C1=O)Oc1ccccc12.[K+]. The van der Waals surface area contributed by atoms with Crippen molar-refractivity contribution in [1.29, 1.82) is 0 Å². The number of carbonyl (C=O) groups excluding carboxylic acids is 1. The Bertz CT molecular complexity index is 635. The van der Waals surface area contributed by atoms with E-state index in [2.05, 4.69) is 0 Å². The molecule has 1 heterocycles. The van der Waals surface area contributed by atoms with E-state index < -0.39 is 11.5 Å². The van der Waals surface area contributed by atoms with Crippen molar-refractivity contribution >= 4 is 5.78 Å². The summed E-state index contributed by atoms with van der Waals surface area (Å²) in [6.07, 6.45) is 1.80. The first-order valence-corrected chi connectivity index (χ1v) is 6.22. The van der Waals surface area contributed by atoms with Gasteiger partial charge in [-0.05, 0) is 17.2 Å². The first-order chi connectivity index (χ1) is 8.89. The van der Waals surface area contributed by atoms with Crippen LogP contribution >= 0.6 is 0 Å². The van der Waals surface area contributed by atoms with Gasteiger partial charge in [-0.25, -0.2) is 0 Å². The molecule has 20 heavy (non-hydrogen) atoms. The molecule has 0 fully saturated rings. The Balaban J connectivity index is 0.00000147. The number of ether oxygens (including phenoxy) is 1. The third-order valence-electron chi connectivity index (χ3n) is 3.39. The topological polar surface area (TPSA) is 49.4 Å². The molecule has 0 amide bonds. The third kappa shape index (κ3) is 2.44. The van der Waals surface area contributed by atoms with Crippen LogP contribution in [0.1, 0.15) is 26.3 Å². The van der Waals surface area contributed by atoms with Gasteiger partial charge in [0.25, 0.3) is 0 Å². The molecule has 0 atom stereocenters. The minimum atomic E-state index is -0.543. The molecule has 0 saturated carbocycles. The summed E-state index contributed by atoms with van der Waals surface area (Å²) >= 11 is 0. The molecule has 1 radical (unpaired) electrons. The van der Waals surface area contributed by atoms with Crippen molar-refractivity contribution in [1.82, 2.24) is 0 Å². The zero-order valence-electron chi connectivity index (χ0n) is 12.1. The molecule has 3 nitrogen and oxygen atoms in total. The van der Waals surface area contributed by atoms with Crippen molar-refractivity contribution in [3.05, 3.63) is 58.9 Å². The monoisotopic (exact) mass is 293 g/mol. The van der Waals surface area contributed by atoms with Crippen molar-refractivity contribution in [2.24, 2.45) is 5.41 Å². The Morgan fingerprint density at radius 1 is 1.15 bits per heavy atom. The molecule has 97 valence electrons. The number of fused-ring (bicyclic) bond motifs is 3. The minimum absolute atomic E-state index is 0. The maximum absolute atomic E-state index is 12.2. The standard InChI is InChI=1S/C16H15O3.K/c1-16(2,3)11-8-10-9-6-4-5-7-12(9)19-15(10)14(18)13(11)17;/h4-8,18H,1-3H3;/q;+1/p-1. The van der Waals surface area contributed by atoms with Crippen molar-refractivity contribution in [2.75, 3.05) is 0 Å². The predicted octanol–water partition coefficient (Wildman–Crippen LogP) is -0.867. The Hall–Kier alpha value is -0.394. The fourth-order valence-electron chi connectivity index (χ4n) is 2.37. The van der Waals surface area contributed by atoms with Crippen molar-refractivity contribution < 1.29 is 66.0 Å². The zero-order chi connectivity index (χ0) is 13.8. The third-order valence-corrected chi connectivity index (χ3v) is 3.39.